The highest BCUT2D eigenvalue weighted by Crippen LogP contribution is 2.13. The van der Waals surface area contributed by atoms with Crippen LogP contribution in [0.5, 0.6) is 0 Å². The topological polar surface area (TPSA) is 114 Å². The first kappa shape index (κ1) is 14.9. The van der Waals surface area contributed by atoms with Gasteiger partial charge < -0.3 is 9.52 Å². The molecule has 9 heteroatoms. The molecule has 0 amide bonds. The summed E-state index contributed by atoms with van der Waals surface area (Å²) >= 11 is 0. The molecule has 0 spiro atoms. The molecule has 1 aromatic heterocycles. The maximum absolute atomic E-state index is 11.6. The van der Waals surface area contributed by atoms with Crippen LogP contribution in [0.25, 0.3) is 0 Å². The number of hydrogen-bond acceptors (Lipinski definition) is 5. The highest BCUT2D eigenvalue weighted by Gasteiger charge is 2.20. The number of carbonyl (C=O) groups is 1. The molecule has 0 radical (unpaired) electrons. The zero-order chi connectivity index (χ0) is 13.8. The van der Waals surface area contributed by atoms with Crippen molar-refractivity contribution in [1.82, 2.24) is 4.72 Å². The molecule has 0 bridgehead atoms. The van der Waals surface area contributed by atoms with Gasteiger partial charge in [-0.1, -0.05) is 0 Å². The Morgan fingerprint density at radius 1 is 1.50 bits per heavy atom. The summed E-state index contributed by atoms with van der Waals surface area (Å²) in [6.07, 6.45) is 1.95. The second kappa shape index (κ2) is 6.12. The molecule has 7 nitrogen and oxygen atoms in total. The molecule has 1 rings (SSSR count). The summed E-state index contributed by atoms with van der Waals surface area (Å²) in [7, 11) is -4.83. The molecule has 0 fully saturated rings. The predicted molar refractivity (Wildman–Crippen MR) is 64.4 cm³/mol. The third-order valence-electron chi connectivity index (χ3n) is 1.96. The Balaban J connectivity index is 2.62. The van der Waals surface area contributed by atoms with Crippen LogP contribution in [0.15, 0.2) is 21.6 Å². The summed E-state index contributed by atoms with van der Waals surface area (Å²) in [5.74, 6) is -1.39. The van der Waals surface area contributed by atoms with Gasteiger partial charge in [0.2, 0.25) is 10.9 Å². The monoisotopic (exact) mass is 295 g/mol. The highest BCUT2D eigenvalue weighted by molar-refractivity contribution is 7.89. The van der Waals surface area contributed by atoms with Crippen LogP contribution in [-0.2, 0) is 20.8 Å². The molecule has 0 saturated heterocycles. The van der Waals surface area contributed by atoms with Crippen LogP contribution in [0, 0.1) is 0 Å². The normalized spacial score (nSPS) is 13.4. The van der Waals surface area contributed by atoms with Gasteiger partial charge in [0, 0.05) is 29.4 Å². The molecule has 0 aliphatic carbocycles. The third-order valence-corrected chi connectivity index (χ3v) is 4.15. The van der Waals surface area contributed by atoms with E-state index in [-0.39, 0.29) is 6.54 Å². The Hall–Kier alpha value is -1.19. The number of hydrogen-bond donors (Lipinski definition) is 2. The molecule has 2 N–H and O–H groups in total. The van der Waals surface area contributed by atoms with Crippen molar-refractivity contribution in [2.75, 3.05) is 18.6 Å². The van der Waals surface area contributed by atoms with Crippen molar-refractivity contribution in [3.8, 4) is 0 Å². The highest BCUT2D eigenvalue weighted by atomic mass is 32.2. The van der Waals surface area contributed by atoms with Crippen molar-refractivity contribution in [2.24, 2.45) is 0 Å². The lowest BCUT2D eigenvalue weighted by atomic mass is 10.5. The molecular weight excluding hydrogens is 282 g/mol. The first-order valence-corrected chi connectivity index (χ1v) is 8.17. The van der Waals surface area contributed by atoms with Crippen molar-refractivity contribution >= 4 is 26.8 Å². The molecule has 1 unspecified atom stereocenters. The van der Waals surface area contributed by atoms with Crippen LogP contribution >= 0.6 is 0 Å². The van der Waals surface area contributed by atoms with Gasteiger partial charge in [-0.2, -0.15) is 0 Å². The minimum Gasteiger partial charge on any atom is -0.475 e. The van der Waals surface area contributed by atoms with Crippen LogP contribution in [0.3, 0.4) is 0 Å². The summed E-state index contributed by atoms with van der Waals surface area (Å²) < 4.78 is 41.0. The Morgan fingerprint density at radius 2 is 2.17 bits per heavy atom. The molecule has 1 atom stereocenters. The van der Waals surface area contributed by atoms with Gasteiger partial charge in [0.15, 0.2) is 0 Å². The minimum atomic E-state index is -3.85. The first-order valence-electron chi connectivity index (χ1n) is 4.96. The minimum absolute atomic E-state index is 0.116. The van der Waals surface area contributed by atoms with Crippen LogP contribution in [0.4, 0.5) is 0 Å². The number of furan rings is 1. The van der Waals surface area contributed by atoms with Crippen LogP contribution < -0.4 is 4.72 Å². The van der Waals surface area contributed by atoms with E-state index in [0.717, 1.165) is 12.1 Å². The second-order valence-corrected chi connectivity index (χ2v) is 6.71. The summed E-state index contributed by atoms with van der Waals surface area (Å²) in [5.41, 5.74) is 0. The van der Waals surface area contributed by atoms with Crippen molar-refractivity contribution < 1.29 is 26.9 Å². The van der Waals surface area contributed by atoms with Crippen molar-refractivity contribution in [1.29, 1.82) is 0 Å². The van der Waals surface area contributed by atoms with Crippen molar-refractivity contribution in [2.45, 2.75) is 11.5 Å². The zero-order valence-corrected chi connectivity index (χ0v) is 11.2. The summed E-state index contributed by atoms with van der Waals surface area (Å²) in [6, 6.07) is 2.14. The SMILES string of the molecule is CS(=O)CCCNS(=O)(=O)c1ccc(C(=O)O)o1. The standard InChI is InChI=1S/C9H13NO6S2/c1-17(13)6-2-5-10-18(14,15)8-4-3-7(16-8)9(11)12/h3-4,10H,2,5-6H2,1H3,(H,11,12). The average Bonchev–Trinajstić information content (AvgIpc) is 2.74. The summed E-state index contributed by atoms with van der Waals surface area (Å²) in [5, 5.41) is 8.15. The quantitative estimate of drug-likeness (QED) is 0.686. The van der Waals surface area contributed by atoms with E-state index in [4.69, 9.17) is 5.11 Å². The van der Waals surface area contributed by atoms with E-state index in [1.807, 2.05) is 0 Å². The Morgan fingerprint density at radius 3 is 2.67 bits per heavy atom. The number of nitrogens with one attached hydrogen (secondary N) is 1. The lowest BCUT2D eigenvalue weighted by Crippen LogP contribution is -2.25. The molecule has 1 aromatic rings. The van der Waals surface area contributed by atoms with E-state index in [1.54, 1.807) is 0 Å². The number of carboxylic acids is 1. The first-order chi connectivity index (χ1) is 8.33. The van der Waals surface area contributed by atoms with Crippen LogP contribution in [-0.4, -0.2) is 42.3 Å². The van der Waals surface area contributed by atoms with Gasteiger partial charge >= 0.3 is 5.97 Å². The second-order valence-electron chi connectivity index (χ2n) is 3.45. The molecule has 0 aliphatic heterocycles. The number of sulfonamides is 1. The fraction of sp³-hybridized carbons (Fsp3) is 0.444. The average molecular weight is 295 g/mol. The third kappa shape index (κ3) is 4.24. The van der Waals surface area contributed by atoms with Gasteiger partial charge in [0.25, 0.3) is 10.0 Å². The molecule has 0 saturated carbocycles. The summed E-state index contributed by atoms with van der Waals surface area (Å²) in [6.45, 7) is 0.116. The lowest BCUT2D eigenvalue weighted by Gasteiger charge is -2.02. The van der Waals surface area contributed by atoms with Gasteiger partial charge in [-0.3, -0.25) is 4.21 Å². The maximum atomic E-state index is 11.6. The Bertz CT molecular complexity index is 547. The largest absolute Gasteiger partial charge is 0.475 e. The number of aromatic carboxylic acids is 1. The molecule has 102 valence electrons. The molecular formula is C9H13NO6S2. The number of rotatable bonds is 7. The predicted octanol–water partition coefficient (Wildman–Crippen LogP) is 0.0247. The van der Waals surface area contributed by atoms with E-state index in [0.29, 0.717) is 12.2 Å². The maximum Gasteiger partial charge on any atom is 0.371 e. The van der Waals surface area contributed by atoms with Crippen molar-refractivity contribution in [3.63, 3.8) is 0 Å². The van der Waals surface area contributed by atoms with Crippen LogP contribution in [0.2, 0.25) is 0 Å². The number of carboxylic acid groups (broad SMARTS) is 1. The summed E-state index contributed by atoms with van der Waals surface area (Å²) in [4.78, 5) is 10.5. The molecule has 0 aliphatic rings. The van der Waals surface area contributed by atoms with E-state index in [9.17, 15) is 17.4 Å². The Kier molecular flexibility index (Phi) is 5.05. The van der Waals surface area contributed by atoms with E-state index >= 15 is 0 Å². The van der Waals surface area contributed by atoms with E-state index in [2.05, 4.69) is 9.14 Å². The molecule has 0 aromatic carbocycles. The fourth-order valence-electron chi connectivity index (χ4n) is 1.13. The van der Waals surface area contributed by atoms with Crippen molar-refractivity contribution in [3.05, 3.63) is 17.9 Å². The zero-order valence-electron chi connectivity index (χ0n) is 9.58. The Labute approximate surface area is 107 Å². The van der Waals surface area contributed by atoms with E-state index in [1.165, 1.54) is 6.26 Å². The fourth-order valence-corrected chi connectivity index (χ4v) is 2.69. The smallest absolute Gasteiger partial charge is 0.371 e. The molecule has 1 heterocycles. The van der Waals surface area contributed by atoms with Gasteiger partial charge in [0.05, 0.1) is 0 Å². The van der Waals surface area contributed by atoms with Gasteiger partial charge in [0.1, 0.15) is 0 Å². The molecule has 18 heavy (non-hydrogen) atoms. The van der Waals surface area contributed by atoms with Gasteiger partial charge in [-0.05, 0) is 18.6 Å². The van der Waals surface area contributed by atoms with E-state index < -0.39 is 37.6 Å². The van der Waals surface area contributed by atoms with Crippen LogP contribution in [0.1, 0.15) is 17.0 Å². The van der Waals surface area contributed by atoms with Gasteiger partial charge in [-0.15, -0.1) is 0 Å². The van der Waals surface area contributed by atoms with Gasteiger partial charge in [-0.25, -0.2) is 17.9 Å². The lowest BCUT2D eigenvalue weighted by molar-refractivity contribution is 0.0656.